The summed E-state index contributed by atoms with van der Waals surface area (Å²) in [4.78, 5) is 22.0. The van der Waals surface area contributed by atoms with E-state index in [-0.39, 0.29) is 6.61 Å². The first kappa shape index (κ1) is 21.6. The second-order valence-corrected chi connectivity index (χ2v) is 6.92. The fourth-order valence-electron chi connectivity index (χ4n) is 1.99. The summed E-state index contributed by atoms with van der Waals surface area (Å²) >= 11 is 0. The molecule has 0 amide bonds. The average Bonchev–Trinajstić information content (AvgIpc) is 2.45. The van der Waals surface area contributed by atoms with Gasteiger partial charge in [0.2, 0.25) is 0 Å². The molecule has 1 unspecified atom stereocenters. The first-order valence-corrected chi connectivity index (χ1v) is 9.25. The molecule has 0 aliphatic carbocycles. The van der Waals surface area contributed by atoms with Crippen molar-refractivity contribution in [2.45, 2.75) is 63.0 Å². The van der Waals surface area contributed by atoms with E-state index >= 15 is 0 Å². The fourth-order valence-corrected chi connectivity index (χ4v) is 2.59. The molecule has 23 heavy (non-hydrogen) atoms. The third-order valence-corrected chi connectivity index (χ3v) is 4.39. The Morgan fingerprint density at radius 1 is 1.04 bits per heavy atom. The predicted molar refractivity (Wildman–Crippen MR) is 85.7 cm³/mol. The Morgan fingerprint density at radius 2 is 1.57 bits per heavy atom. The molecule has 0 aromatic heterocycles. The second-order valence-electron chi connectivity index (χ2n) is 5.32. The van der Waals surface area contributed by atoms with Gasteiger partial charge in [-0.3, -0.25) is 14.1 Å². The number of ether oxygens (including phenoxy) is 1. The van der Waals surface area contributed by atoms with Crippen LogP contribution in [0.4, 0.5) is 0 Å². The molecular weight excluding hydrogens is 324 g/mol. The van der Waals surface area contributed by atoms with Crippen LogP contribution < -0.4 is 0 Å². The quantitative estimate of drug-likeness (QED) is 0.214. The average molecular weight is 350 g/mol. The maximum Gasteiger partial charge on any atom is 0.325 e. The van der Waals surface area contributed by atoms with Crippen LogP contribution in [0.15, 0.2) is 12.7 Å². The number of hydrogen-bond donors (Lipinski definition) is 2. The van der Waals surface area contributed by atoms with E-state index in [0.717, 1.165) is 38.5 Å². The molecule has 0 spiro atoms. The lowest BCUT2D eigenvalue weighted by molar-refractivity contribution is -0.147. The lowest BCUT2D eigenvalue weighted by atomic mass is 10.1. The van der Waals surface area contributed by atoms with E-state index in [2.05, 4.69) is 6.58 Å². The van der Waals surface area contributed by atoms with Gasteiger partial charge in [0, 0.05) is 0 Å². The number of unbranched alkanes of at least 4 members (excludes halogenated alkanes) is 7. The van der Waals surface area contributed by atoms with Crippen LogP contribution in [-0.4, -0.2) is 41.9 Å². The van der Waals surface area contributed by atoms with Crippen molar-refractivity contribution in [3.63, 3.8) is 0 Å². The highest BCUT2D eigenvalue weighted by atomic mass is 32.2. The first-order valence-electron chi connectivity index (χ1n) is 7.74. The van der Waals surface area contributed by atoms with Crippen molar-refractivity contribution >= 4 is 22.1 Å². The molecule has 0 heterocycles. The zero-order valence-corrected chi connectivity index (χ0v) is 14.1. The van der Waals surface area contributed by atoms with Gasteiger partial charge < -0.3 is 9.84 Å². The molecule has 0 saturated heterocycles. The highest BCUT2D eigenvalue weighted by Crippen LogP contribution is 2.10. The molecule has 2 N–H and O–H groups in total. The number of carboxylic acids is 1. The monoisotopic (exact) mass is 350 g/mol. The third-order valence-electron chi connectivity index (χ3n) is 3.30. The Labute approximate surface area is 137 Å². The van der Waals surface area contributed by atoms with Crippen molar-refractivity contribution in [3.8, 4) is 0 Å². The van der Waals surface area contributed by atoms with Crippen LogP contribution in [-0.2, 0) is 24.4 Å². The number of allylic oxidation sites excluding steroid dienone is 1. The third kappa shape index (κ3) is 11.8. The van der Waals surface area contributed by atoms with Crippen LogP contribution in [0.25, 0.3) is 0 Å². The molecule has 0 aliphatic heterocycles. The van der Waals surface area contributed by atoms with Crippen LogP contribution in [0.5, 0.6) is 0 Å². The molecule has 8 heteroatoms. The van der Waals surface area contributed by atoms with E-state index in [0.29, 0.717) is 6.42 Å². The number of carboxylic acid groups (broad SMARTS) is 1. The molecule has 0 saturated carbocycles. The molecule has 0 aromatic carbocycles. The number of rotatable bonds is 14. The molecule has 0 fully saturated rings. The molecule has 7 nitrogen and oxygen atoms in total. The number of aliphatic carboxylic acids is 1. The first-order chi connectivity index (χ1) is 10.8. The van der Waals surface area contributed by atoms with Crippen LogP contribution in [0, 0.1) is 0 Å². The summed E-state index contributed by atoms with van der Waals surface area (Å²) in [7, 11) is -4.82. The summed E-state index contributed by atoms with van der Waals surface area (Å²) in [5, 5.41) is 6.48. The van der Waals surface area contributed by atoms with Gasteiger partial charge in [0.25, 0.3) is 10.1 Å². The highest BCUT2D eigenvalue weighted by Gasteiger charge is 2.33. The second kappa shape index (κ2) is 12.1. The SMILES string of the molecule is C=CCCCCCCCCCOC(=O)CC(C(=O)O)S(=O)(=O)O. The Balaban J connectivity index is 3.71. The van der Waals surface area contributed by atoms with Crippen LogP contribution in [0.3, 0.4) is 0 Å². The summed E-state index contributed by atoms with van der Waals surface area (Å²) in [6.07, 6.45) is 9.19. The van der Waals surface area contributed by atoms with E-state index in [9.17, 15) is 18.0 Å². The molecule has 0 aromatic rings. The molecule has 0 bridgehead atoms. The zero-order valence-electron chi connectivity index (χ0n) is 13.3. The lowest BCUT2D eigenvalue weighted by Gasteiger charge is -2.09. The number of hydrogen-bond acceptors (Lipinski definition) is 5. The summed E-state index contributed by atoms with van der Waals surface area (Å²) in [6.45, 7) is 3.78. The van der Waals surface area contributed by atoms with Gasteiger partial charge in [0.05, 0.1) is 13.0 Å². The van der Waals surface area contributed by atoms with Gasteiger partial charge in [-0.15, -0.1) is 6.58 Å². The van der Waals surface area contributed by atoms with E-state index < -0.39 is 33.7 Å². The minimum Gasteiger partial charge on any atom is -0.480 e. The highest BCUT2D eigenvalue weighted by molar-refractivity contribution is 7.87. The Hall–Kier alpha value is -1.41. The molecule has 134 valence electrons. The van der Waals surface area contributed by atoms with Gasteiger partial charge in [0.15, 0.2) is 5.25 Å². The molecule has 0 rings (SSSR count). The Bertz CT molecular complexity index is 470. The summed E-state index contributed by atoms with van der Waals surface area (Å²) in [5.74, 6) is -2.72. The molecule has 0 radical (unpaired) electrons. The minimum atomic E-state index is -4.82. The molecule has 1 atom stereocenters. The van der Waals surface area contributed by atoms with Crippen LogP contribution in [0.1, 0.15) is 57.8 Å². The van der Waals surface area contributed by atoms with E-state index in [1.165, 1.54) is 6.42 Å². The van der Waals surface area contributed by atoms with E-state index in [1.54, 1.807) is 0 Å². The predicted octanol–water partition coefficient (Wildman–Crippen LogP) is 2.57. The molecule has 0 aliphatic rings. The summed E-state index contributed by atoms with van der Waals surface area (Å²) in [6, 6.07) is 0. The smallest absolute Gasteiger partial charge is 0.325 e. The summed E-state index contributed by atoms with van der Waals surface area (Å²) < 4.78 is 35.1. The van der Waals surface area contributed by atoms with Crippen LogP contribution in [0.2, 0.25) is 0 Å². The number of carbonyl (C=O) groups is 2. The van der Waals surface area contributed by atoms with Gasteiger partial charge in [-0.2, -0.15) is 8.42 Å². The van der Waals surface area contributed by atoms with Crippen molar-refractivity contribution in [2.75, 3.05) is 6.61 Å². The summed E-state index contributed by atoms with van der Waals surface area (Å²) in [5.41, 5.74) is 0. The van der Waals surface area contributed by atoms with E-state index in [1.807, 2.05) is 6.08 Å². The van der Waals surface area contributed by atoms with Gasteiger partial charge >= 0.3 is 11.9 Å². The van der Waals surface area contributed by atoms with Gasteiger partial charge in [-0.05, 0) is 19.3 Å². The van der Waals surface area contributed by atoms with Gasteiger partial charge in [-0.1, -0.05) is 38.2 Å². The van der Waals surface area contributed by atoms with Crippen molar-refractivity contribution in [2.24, 2.45) is 0 Å². The van der Waals surface area contributed by atoms with Crippen molar-refractivity contribution in [3.05, 3.63) is 12.7 Å². The largest absolute Gasteiger partial charge is 0.480 e. The molecular formula is C15H26O7S. The normalized spacial score (nSPS) is 12.6. The van der Waals surface area contributed by atoms with Crippen LogP contribution >= 0.6 is 0 Å². The van der Waals surface area contributed by atoms with E-state index in [4.69, 9.17) is 14.4 Å². The van der Waals surface area contributed by atoms with Gasteiger partial charge in [-0.25, -0.2) is 0 Å². The lowest BCUT2D eigenvalue weighted by Crippen LogP contribution is -2.32. The Kier molecular flexibility index (Phi) is 11.3. The Morgan fingerprint density at radius 3 is 2.04 bits per heavy atom. The minimum absolute atomic E-state index is 0.118. The number of esters is 1. The van der Waals surface area contributed by atoms with Gasteiger partial charge in [0.1, 0.15) is 0 Å². The zero-order chi connectivity index (χ0) is 17.7. The topological polar surface area (TPSA) is 118 Å². The standard InChI is InChI=1S/C15H26O7S/c1-2-3-4-5-6-7-8-9-10-11-22-14(16)12-13(15(17)18)23(19,20)21/h2,13H,1,3-12H2,(H,17,18)(H,19,20,21). The fraction of sp³-hybridized carbons (Fsp3) is 0.733. The van der Waals surface area contributed by atoms with Crippen molar-refractivity contribution in [1.82, 2.24) is 0 Å². The maximum absolute atomic E-state index is 11.4. The number of carbonyl (C=O) groups excluding carboxylic acids is 1. The van der Waals surface area contributed by atoms with Crippen molar-refractivity contribution < 1.29 is 32.4 Å². The van der Waals surface area contributed by atoms with Crippen molar-refractivity contribution in [1.29, 1.82) is 0 Å². The maximum atomic E-state index is 11.4.